The zero-order chi connectivity index (χ0) is 23.3. The first kappa shape index (κ1) is 27.1. The molecule has 0 aromatic heterocycles. The molecule has 170 valence electrons. The maximum absolute atomic E-state index is 12.5. The number of carbonyl (C=O) groups is 6. The molecule has 0 heterocycles. The van der Waals surface area contributed by atoms with Crippen LogP contribution in [0.25, 0.3) is 0 Å². The molecule has 30 heavy (non-hydrogen) atoms. The van der Waals surface area contributed by atoms with Crippen molar-refractivity contribution in [3.63, 3.8) is 0 Å². The van der Waals surface area contributed by atoms with Gasteiger partial charge in [0.1, 0.15) is 18.1 Å². The minimum Gasteiger partial charge on any atom is -0.480 e. The molecule has 3 atom stereocenters. The number of hydrogen-bond acceptors (Lipinski definition) is 8. The summed E-state index contributed by atoms with van der Waals surface area (Å²) in [5.41, 5.74) is 15.3. The lowest BCUT2D eigenvalue weighted by Crippen LogP contribution is -2.57. The number of carboxylic acids is 1. The van der Waals surface area contributed by atoms with E-state index < -0.39 is 60.1 Å². The van der Waals surface area contributed by atoms with Gasteiger partial charge in [-0.3, -0.25) is 24.0 Å². The Bertz CT molecular complexity index is 660. The molecule has 0 aromatic rings. The van der Waals surface area contributed by atoms with Crippen molar-refractivity contribution in [1.82, 2.24) is 16.0 Å². The summed E-state index contributed by atoms with van der Waals surface area (Å²) in [6, 6.07) is -3.99. The normalized spacial score (nSPS) is 13.4. The summed E-state index contributed by atoms with van der Waals surface area (Å²) in [4.78, 5) is 70.0. The molecule has 0 bridgehead atoms. The molecule has 10 N–H and O–H groups in total. The molecule has 13 nitrogen and oxygen atoms in total. The van der Waals surface area contributed by atoms with Gasteiger partial charge < -0.3 is 38.3 Å². The first-order valence-electron chi connectivity index (χ1n) is 8.90. The van der Waals surface area contributed by atoms with Crippen LogP contribution in [0, 0.1) is 0 Å². The average Bonchev–Trinajstić information content (AvgIpc) is 2.66. The third-order valence-electron chi connectivity index (χ3n) is 3.78. The van der Waals surface area contributed by atoms with Gasteiger partial charge in [-0.2, -0.15) is 11.8 Å². The van der Waals surface area contributed by atoms with Crippen LogP contribution in [0.2, 0.25) is 0 Å². The number of carbonyl (C=O) groups excluding carboxylic acids is 5. The number of nitrogens with one attached hydrogen (secondary N) is 3. The SMILES string of the molecule is CSCCC(NC(=O)CN)C(=O)NC(CC(N)=O)C(=O)NC(CCC(N)=O)C(=O)O. The van der Waals surface area contributed by atoms with E-state index in [0.717, 1.165) is 0 Å². The fraction of sp³-hybridized carbons (Fsp3) is 0.625. The number of carboxylic acid groups (broad SMARTS) is 1. The lowest BCUT2D eigenvalue weighted by atomic mass is 10.1. The Balaban J connectivity index is 5.33. The van der Waals surface area contributed by atoms with E-state index in [9.17, 15) is 33.9 Å². The molecular weight excluding hydrogens is 420 g/mol. The van der Waals surface area contributed by atoms with Gasteiger partial charge in [-0.15, -0.1) is 0 Å². The third kappa shape index (κ3) is 11.2. The predicted octanol–water partition coefficient (Wildman–Crippen LogP) is -3.62. The van der Waals surface area contributed by atoms with Crippen molar-refractivity contribution in [2.24, 2.45) is 17.2 Å². The van der Waals surface area contributed by atoms with E-state index in [1.165, 1.54) is 11.8 Å². The van der Waals surface area contributed by atoms with Crippen molar-refractivity contribution in [3.05, 3.63) is 0 Å². The van der Waals surface area contributed by atoms with Crippen LogP contribution >= 0.6 is 11.8 Å². The zero-order valence-corrected chi connectivity index (χ0v) is 17.3. The van der Waals surface area contributed by atoms with Gasteiger partial charge in [0, 0.05) is 6.42 Å². The summed E-state index contributed by atoms with van der Waals surface area (Å²) >= 11 is 1.42. The molecule has 0 fully saturated rings. The summed E-state index contributed by atoms with van der Waals surface area (Å²) in [5, 5.41) is 16.0. The van der Waals surface area contributed by atoms with E-state index in [4.69, 9.17) is 17.2 Å². The van der Waals surface area contributed by atoms with Crippen LogP contribution < -0.4 is 33.2 Å². The number of hydrogen-bond donors (Lipinski definition) is 7. The monoisotopic (exact) mass is 448 g/mol. The average molecular weight is 449 g/mol. The van der Waals surface area contributed by atoms with E-state index in [1.54, 1.807) is 6.26 Å². The molecule has 3 unspecified atom stereocenters. The Morgan fingerprint density at radius 1 is 0.867 bits per heavy atom. The topological polar surface area (TPSA) is 237 Å². The van der Waals surface area contributed by atoms with E-state index >= 15 is 0 Å². The van der Waals surface area contributed by atoms with Gasteiger partial charge in [-0.25, -0.2) is 4.79 Å². The highest BCUT2D eigenvalue weighted by Gasteiger charge is 2.30. The van der Waals surface area contributed by atoms with Gasteiger partial charge in [0.25, 0.3) is 0 Å². The summed E-state index contributed by atoms with van der Waals surface area (Å²) in [6.45, 7) is -0.353. The number of aliphatic carboxylic acids is 1. The highest BCUT2D eigenvalue weighted by molar-refractivity contribution is 7.98. The second-order valence-electron chi connectivity index (χ2n) is 6.24. The molecule has 5 amide bonds. The second kappa shape index (κ2) is 14.2. The van der Waals surface area contributed by atoms with Gasteiger partial charge in [0.05, 0.1) is 13.0 Å². The van der Waals surface area contributed by atoms with E-state index in [1.807, 2.05) is 0 Å². The van der Waals surface area contributed by atoms with Crippen LogP contribution in [0.3, 0.4) is 0 Å². The van der Waals surface area contributed by atoms with Crippen molar-refractivity contribution in [2.75, 3.05) is 18.6 Å². The number of rotatable bonds is 15. The Morgan fingerprint density at radius 3 is 1.90 bits per heavy atom. The fourth-order valence-corrected chi connectivity index (χ4v) is 2.73. The van der Waals surface area contributed by atoms with Crippen LogP contribution in [0.5, 0.6) is 0 Å². The van der Waals surface area contributed by atoms with Crippen molar-refractivity contribution in [1.29, 1.82) is 0 Å². The summed E-state index contributed by atoms with van der Waals surface area (Å²) in [5.74, 6) is -4.96. The molecule has 0 radical (unpaired) electrons. The van der Waals surface area contributed by atoms with Gasteiger partial charge in [-0.1, -0.05) is 0 Å². The van der Waals surface area contributed by atoms with Gasteiger partial charge in [-0.05, 0) is 24.9 Å². The van der Waals surface area contributed by atoms with E-state index in [0.29, 0.717) is 5.75 Å². The highest BCUT2D eigenvalue weighted by Crippen LogP contribution is 2.04. The Kier molecular flexibility index (Phi) is 12.8. The smallest absolute Gasteiger partial charge is 0.326 e. The standard InChI is InChI=1S/C16H28N6O7S/c1-30-5-4-8(20-13(25)7-17)14(26)22-10(6-12(19)24)15(27)21-9(16(28)29)2-3-11(18)23/h8-10H,2-7,17H2,1H3,(H2,18,23)(H2,19,24)(H,20,25)(H,21,27)(H,22,26)(H,28,29). The minimum absolute atomic E-state index is 0.222. The molecule has 0 aliphatic carbocycles. The fourth-order valence-electron chi connectivity index (χ4n) is 2.26. The number of thioether (sulfide) groups is 1. The Labute approximate surface area is 177 Å². The first-order valence-corrected chi connectivity index (χ1v) is 10.3. The van der Waals surface area contributed by atoms with Crippen LogP contribution in [-0.2, 0) is 28.8 Å². The summed E-state index contributed by atoms with van der Waals surface area (Å²) in [6.07, 6.45) is 0.823. The lowest BCUT2D eigenvalue weighted by Gasteiger charge is -2.23. The van der Waals surface area contributed by atoms with Crippen LogP contribution in [-0.4, -0.2) is 77.3 Å². The number of nitrogens with two attached hydrogens (primary N) is 3. The van der Waals surface area contributed by atoms with Gasteiger partial charge >= 0.3 is 5.97 Å². The van der Waals surface area contributed by atoms with E-state index in [2.05, 4.69) is 16.0 Å². The molecule has 0 saturated carbocycles. The molecule has 0 saturated heterocycles. The molecule has 0 aromatic carbocycles. The molecule has 0 rings (SSSR count). The first-order chi connectivity index (χ1) is 14.0. The highest BCUT2D eigenvalue weighted by atomic mass is 32.2. The van der Waals surface area contributed by atoms with Gasteiger partial charge in [0.2, 0.25) is 29.5 Å². The maximum Gasteiger partial charge on any atom is 0.326 e. The second-order valence-corrected chi connectivity index (χ2v) is 7.23. The minimum atomic E-state index is -1.49. The van der Waals surface area contributed by atoms with Crippen molar-refractivity contribution in [2.45, 2.75) is 43.8 Å². The lowest BCUT2D eigenvalue weighted by molar-refractivity contribution is -0.142. The largest absolute Gasteiger partial charge is 0.480 e. The molecule has 0 aliphatic heterocycles. The predicted molar refractivity (Wildman–Crippen MR) is 108 cm³/mol. The van der Waals surface area contributed by atoms with E-state index in [-0.39, 0.29) is 25.8 Å². The molecule has 0 spiro atoms. The molecule has 0 aliphatic rings. The maximum atomic E-state index is 12.5. The summed E-state index contributed by atoms with van der Waals surface area (Å²) < 4.78 is 0. The molecule has 14 heteroatoms. The van der Waals surface area contributed by atoms with Crippen molar-refractivity contribution in [3.8, 4) is 0 Å². The van der Waals surface area contributed by atoms with Crippen LogP contribution in [0.1, 0.15) is 25.7 Å². The van der Waals surface area contributed by atoms with Crippen LogP contribution in [0.15, 0.2) is 0 Å². The summed E-state index contributed by atoms with van der Waals surface area (Å²) in [7, 11) is 0. The Hall–Kier alpha value is -2.87. The van der Waals surface area contributed by atoms with Crippen molar-refractivity contribution >= 4 is 47.3 Å². The number of primary amides is 2. The number of amides is 5. The third-order valence-corrected chi connectivity index (χ3v) is 4.42. The van der Waals surface area contributed by atoms with Crippen LogP contribution in [0.4, 0.5) is 0 Å². The quantitative estimate of drug-likeness (QED) is 0.131. The van der Waals surface area contributed by atoms with Crippen molar-refractivity contribution < 1.29 is 33.9 Å². The Morgan fingerprint density at radius 2 is 1.43 bits per heavy atom. The molecular formula is C16H28N6O7S. The van der Waals surface area contributed by atoms with Gasteiger partial charge in [0.15, 0.2) is 0 Å². The zero-order valence-electron chi connectivity index (χ0n) is 16.5.